The Bertz CT molecular complexity index is 399. The fourth-order valence-corrected chi connectivity index (χ4v) is 1.87. The normalized spacial score (nSPS) is 10.8. The van der Waals surface area contributed by atoms with Gasteiger partial charge in [-0.15, -0.1) is 0 Å². The van der Waals surface area contributed by atoms with E-state index in [0.717, 1.165) is 19.6 Å². The first-order valence-electron chi connectivity index (χ1n) is 6.93. The van der Waals surface area contributed by atoms with E-state index in [1.54, 1.807) is 26.4 Å². The molecule has 6 nitrogen and oxygen atoms in total. The molecule has 0 amide bonds. The number of carbonyl (C=O) groups is 1. The van der Waals surface area contributed by atoms with E-state index in [4.69, 9.17) is 14.2 Å². The van der Waals surface area contributed by atoms with Crippen molar-refractivity contribution in [3.05, 3.63) is 29.8 Å². The standard InChI is InChI=1S/C15H23NO5/c1-19-10-7-16(8-11-20-2)9-12-21-14-5-3-13(4-6-14)15(17)18/h3-6H,7-12H2,1-2H3,(H,17,18). The number of hydrogen-bond acceptors (Lipinski definition) is 5. The first-order valence-corrected chi connectivity index (χ1v) is 6.93. The fraction of sp³-hybridized carbons (Fsp3) is 0.533. The van der Waals surface area contributed by atoms with Gasteiger partial charge in [-0.05, 0) is 29.8 Å². The average molecular weight is 297 g/mol. The lowest BCUT2D eigenvalue weighted by Crippen LogP contribution is -3.13. The lowest BCUT2D eigenvalue weighted by Gasteiger charge is -2.19. The minimum atomic E-state index is -1.18. The average Bonchev–Trinajstić information content (AvgIpc) is 2.50. The predicted molar refractivity (Wildman–Crippen MR) is 75.6 cm³/mol. The molecule has 0 unspecified atom stereocenters. The highest BCUT2D eigenvalue weighted by molar-refractivity contribution is 5.85. The molecule has 0 saturated carbocycles. The van der Waals surface area contributed by atoms with Crippen LogP contribution < -0.4 is 14.7 Å². The van der Waals surface area contributed by atoms with Gasteiger partial charge in [0.2, 0.25) is 0 Å². The number of nitrogens with one attached hydrogen (secondary N) is 1. The summed E-state index contributed by atoms with van der Waals surface area (Å²) in [7, 11) is 3.37. The van der Waals surface area contributed by atoms with Crippen molar-refractivity contribution in [2.45, 2.75) is 0 Å². The van der Waals surface area contributed by atoms with Gasteiger partial charge in [-0.25, -0.2) is 0 Å². The van der Waals surface area contributed by atoms with Gasteiger partial charge in [0.05, 0.1) is 19.2 Å². The maximum absolute atomic E-state index is 10.6. The first-order chi connectivity index (χ1) is 10.2. The molecule has 0 bridgehead atoms. The number of methoxy groups -OCH3 is 2. The Labute approximate surface area is 125 Å². The van der Waals surface area contributed by atoms with E-state index in [1.807, 2.05) is 0 Å². The number of aromatic carboxylic acids is 1. The van der Waals surface area contributed by atoms with Gasteiger partial charge < -0.3 is 29.0 Å². The van der Waals surface area contributed by atoms with Crippen LogP contribution in [0.15, 0.2) is 24.3 Å². The third-order valence-corrected chi connectivity index (χ3v) is 3.13. The summed E-state index contributed by atoms with van der Waals surface area (Å²) >= 11 is 0. The molecule has 1 rings (SSSR count). The zero-order chi connectivity index (χ0) is 15.5. The summed E-state index contributed by atoms with van der Waals surface area (Å²) in [4.78, 5) is 12.0. The quantitative estimate of drug-likeness (QED) is 0.544. The lowest BCUT2D eigenvalue weighted by molar-refractivity contribution is -0.900. The Morgan fingerprint density at radius 1 is 1.00 bits per heavy atom. The maximum atomic E-state index is 10.6. The molecule has 0 aliphatic heterocycles. The van der Waals surface area contributed by atoms with Crippen molar-refractivity contribution in [2.75, 3.05) is 53.7 Å². The number of carbonyl (C=O) groups excluding carboxylic acids is 1. The van der Waals surface area contributed by atoms with Crippen molar-refractivity contribution in [2.24, 2.45) is 0 Å². The molecule has 1 N–H and O–H groups in total. The van der Waals surface area contributed by atoms with Crippen LogP contribution in [-0.2, 0) is 9.47 Å². The molecule has 6 heteroatoms. The van der Waals surface area contributed by atoms with Crippen molar-refractivity contribution in [3.63, 3.8) is 0 Å². The molecular weight excluding hydrogens is 274 g/mol. The Kier molecular flexibility index (Phi) is 8.42. The largest absolute Gasteiger partial charge is 0.545 e. The Morgan fingerprint density at radius 2 is 1.52 bits per heavy atom. The van der Waals surface area contributed by atoms with Crippen LogP contribution in [0.5, 0.6) is 5.75 Å². The van der Waals surface area contributed by atoms with Crippen molar-refractivity contribution < 1.29 is 29.0 Å². The molecule has 0 fully saturated rings. The van der Waals surface area contributed by atoms with Crippen LogP contribution in [0.25, 0.3) is 0 Å². The number of benzene rings is 1. The smallest absolute Gasteiger partial charge is 0.137 e. The topological polar surface area (TPSA) is 72.3 Å². The van der Waals surface area contributed by atoms with Crippen molar-refractivity contribution >= 4 is 5.97 Å². The molecule has 0 atom stereocenters. The summed E-state index contributed by atoms with van der Waals surface area (Å²) < 4.78 is 15.8. The van der Waals surface area contributed by atoms with Gasteiger partial charge >= 0.3 is 0 Å². The van der Waals surface area contributed by atoms with Crippen LogP contribution in [0.3, 0.4) is 0 Å². The van der Waals surface area contributed by atoms with Gasteiger partial charge in [-0.3, -0.25) is 0 Å². The molecule has 0 saturated heterocycles. The van der Waals surface area contributed by atoms with Crippen LogP contribution in [-0.4, -0.2) is 59.6 Å². The van der Waals surface area contributed by atoms with E-state index < -0.39 is 5.97 Å². The highest BCUT2D eigenvalue weighted by atomic mass is 16.5. The molecule has 1 aromatic rings. The summed E-state index contributed by atoms with van der Waals surface area (Å²) in [5, 5.41) is 10.6. The number of carboxylic acids is 1. The Hall–Kier alpha value is -1.63. The summed E-state index contributed by atoms with van der Waals surface area (Å²) in [5.41, 5.74) is 0.148. The highest BCUT2D eigenvalue weighted by Gasteiger charge is 2.08. The molecule has 0 spiro atoms. The minimum absolute atomic E-state index is 0.148. The molecule has 21 heavy (non-hydrogen) atoms. The number of quaternary nitrogens is 1. The van der Waals surface area contributed by atoms with Gasteiger partial charge in [0.15, 0.2) is 0 Å². The number of rotatable bonds is 11. The molecule has 0 aliphatic carbocycles. The maximum Gasteiger partial charge on any atom is 0.137 e. The summed E-state index contributed by atoms with van der Waals surface area (Å²) in [5.74, 6) is -0.533. The molecule has 0 heterocycles. The second-order valence-electron chi connectivity index (χ2n) is 4.65. The lowest BCUT2D eigenvalue weighted by atomic mass is 10.2. The first kappa shape index (κ1) is 17.4. The van der Waals surface area contributed by atoms with Crippen LogP contribution in [0.1, 0.15) is 10.4 Å². The summed E-state index contributed by atoms with van der Waals surface area (Å²) in [6, 6.07) is 6.22. The fourth-order valence-electron chi connectivity index (χ4n) is 1.87. The zero-order valence-corrected chi connectivity index (χ0v) is 12.6. The van der Waals surface area contributed by atoms with Gasteiger partial charge in [-0.2, -0.15) is 0 Å². The van der Waals surface area contributed by atoms with E-state index in [2.05, 4.69) is 0 Å². The van der Waals surface area contributed by atoms with Crippen molar-refractivity contribution in [3.8, 4) is 5.75 Å². The molecule has 118 valence electrons. The highest BCUT2D eigenvalue weighted by Crippen LogP contribution is 2.11. The van der Waals surface area contributed by atoms with Crippen LogP contribution in [0.4, 0.5) is 0 Å². The number of carboxylic acid groups (broad SMARTS) is 1. The third kappa shape index (κ3) is 7.08. The van der Waals surface area contributed by atoms with Gasteiger partial charge in [-0.1, -0.05) is 0 Å². The van der Waals surface area contributed by atoms with E-state index >= 15 is 0 Å². The Morgan fingerprint density at radius 3 is 2.00 bits per heavy atom. The monoisotopic (exact) mass is 297 g/mol. The van der Waals surface area contributed by atoms with E-state index in [1.165, 1.54) is 17.0 Å². The van der Waals surface area contributed by atoms with Gasteiger partial charge in [0.25, 0.3) is 0 Å². The zero-order valence-electron chi connectivity index (χ0n) is 12.6. The molecule has 0 aromatic heterocycles. The third-order valence-electron chi connectivity index (χ3n) is 3.13. The van der Waals surface area contributed by atoms with E-state index in [-0.39, 0.29) is 5.56 Å². The SMILES string of the molecule is COCC[NH+](CCOC)CCOc1ccc(C(=O)[O-])cc1. The number of hydrogen-bond donors (Lipinski definition) is 1. The van der Waals surface area contributed by atoms with Crippen LogP contribution in [0.2, 0.25) is 0 Å². The number of ether oxygens (including phenoxy) is 3. The molecular formula is C15H23NO5. The van der Waals surface area contributed by atoms with Crippen molar-refractivity contribution in [1.82, 2.24) is 0 Å². The van der Waals surface area contributed by atoms with Gasteiger partial charge in [0, 0.05) is 14.2 Å². The van der Waals surface area contributed by atoms with E-state index in [0.29, 0.717) is 25.6 Å². The predicted octanol–water partition coefficient (Wildman–Crippen LogP) is -1.39. The van der Waals surface area contributed by atoms with Crippen LogP contribution in [0, 0.1) is 0 Å². The summed E-state index contributed by atoms with van der Waals surface area (Å²) in [6.07, 6.45) is 0. The van der Waals surface area contributed by atoms with E-state index in [9.17, 15) is 9.90 Å². The van der Waals surface area contributed by atoms with Crippen LogP contribution >= 0.6 is 0 Å². The second kappa shape index (κ2) is 10.1. The Balaban J connectivity index is 2.36. The minimum Gasteiger partial charge on any atom is -0.545 e. The summed E-state index contributed by atoms with van der Waals surface area (Å²) in [6.45, 7) is 4.56. The van der Waals surface area contributed by atoms with Gasteiger partial charge in [0.1, 0.15) is 32.0 Å². The molecule has 0 radical (unpaired) electrons. The van der Waals surface area contributed by atoms with Crippen molar-refractivity contribution in [1.29, 1.82) is 0 Å². The molecule has 0 aliphatic rings. The molecule has 1 aromatic carbocycles. The second-order valence-corrected chi connectivity index (χ2v) is 4.65.